The third-order valence-electron chi connectivity index (χ3n) is 2.75. The summed E-state index contributed by atoms with van der Waals surface area (Å²) in [6, 6.07) is -0.177. The first-order valence-electron chi connectivity index (χ1n) is 5.22. The maximum absolute atomic E-state index is 11.7. The largest absolute Gasteiger partial charge is 0.480 e. The van der Waals surface area contributed by atoms with E-state index in [-0.39, 0.29) is 12.6 Å². The van der Waals surface area contributed by atoms with Crippen molar-refractivity contribution in [2.75, 3.05) is 26.7 Å². The summed E-state index contributed by atoms with van der Waals surface area (Å²) in [5.74, 6) is -0.310. The standard InChI is InChI=1S/C10H18N2O3/c1-8-3-5-12(6-4-8)10(15)11(2)7-9(13)14/h8H,3-7H2,1-2H3,(H,13,14). The van der Waals surface area contributed by atoms with E-state index >= 15 is 0 Å². The van der Waals surface area contributed by atoms with Gasteiger partial charge < -0.3 is 14.9 Å². The van der Waals surface area contributed by atoms with Gasteiger partial charge in [0.1, 0.15) is 6.54 Å². The van der Waals surface area contributed by atoms with E-state index in [4.69, 9.17) is 5.11 Å². The number of hydrogen-bond acceptors (Lipinski definition) is 2. The van der Waals surface area contributed by atoms with Crippen molar-refractivity contribution in [1.29, 1.82) is 0 Å². The molecule has 0 aliphatic carbocycles. The van der Waals surface area contributed by atoms with Gasteiger partial charge >= 0.3 is 12.0 Å². The molecule has 5 heteroatoms. The van der Waals surface area contributed by atoms with Gasteiger partial charge in [0.2, 0.25) is 0 Å². The van der Waals surface area contributed by atoms with E-state index in [1.54, 1.807) is 4.90 Å². The van der Waals surface area contributed by atoms with Crippen molar-refractivity contribution in [2.24, 2.45) is 5.92 Å². The molecule has 0 unspecified atom stereocenters. The van der Waals surface area contributed by atoms with E-state index in [0.29, 0.717) is 5.92 Å². The molecule has 1 saturated heterocycles. The molecule has 0 aromatic heterocycles. The summed E-state index contributed by atoms with van der Waals surface area (Å²) in [7, 11) is 1.52. The van der Waals surface area contributed by atoms with E-state index in [0.717, 1.165) is 25.9 Å². The number of nitrogens with zero attached hydrogens (tertiary/aromatic N) is 2. The molecule has 1 fully saturated rings. The first-order chi connectivity index (χ1) is 7.00. The van der Waals surface area contributed by atoms with E-state index in [2.05, 4.69) is 6.92 Å². The first-order valence-corrected chi connectivity index (χ1v) is 5.22. The van der Waals surface area contributed by atoms with Crippen LogP contribution in [0.4, 0.5) is 4.79 Å². The molecule has 1 rings (SSSR count). The zero-order chi connectivity index (χ0) is 11.4. The van der Waals surface area contributed by atoms with E-state index < -0.39 is 5.97 Å². The van der Waals surface area contributed by atoms with Crippen LogP contribution in [-0.2, 0) is 4.79 Å². The molecule has 1 heterocycles. The zero-order valence-electron chi connectivity index (χ0n) is 9.27. The van der Waals surface area contributed by atoms with Crippen molar-refractivity contribution in [3.8, 4) is 0 Å². The molecule has 0 spiro atoms. The number of likely N-dealkylation sites (tertiary alicyclic amines) is 1. The van der Waals surface area contributed by atoms with Gasteiger partial charge in [0.15, 0.2) is 0 Å². The third-order valence-corrected chi connectivity index (χ3v) is 2.75. The maximum Gasteiger partial charge on any atom is 0.323 e. The molecule has 1 N–H and O–H groups in total. The highest BCUT2D eigenvalue weighted by atomic mass is 16.4. The molecule has 1 aliphatic heterocycles. The SMILES string of the molecule is CC1CCN(C(=O)N(C)CC(=O)O)CC1. The van der Waals surface area contributed by atoms with Crippen molar-refractivity contribution < 1.29 is 14.7 Å². The van der Waals surface area contributed by atoms with Gasteiger partial charge in [-0.15, -0.1) is 0 Å². The van der Waals surface area contributed by atoms with E-state index in [1.165, 1.54) is 11.9 Å². The molecule has 0 radical (unpaired) electrons. The lowest BCUT2D eigenvalue weighted by Crippen LogP contribution is -2.46. The third kappa shape index (κ3) is 3.42. The van der Waals surface area contributed by atoms with Crippen molar-refractivity contribution >= 4 is 12.0 Å². The number of carbonyl (C=O) groups excluding carboxylic acids is 1. The average molecular weight is 214 g/mol. The van der Waals surface area contributed by atoms with Gasteiger partial charge in [-0.1, -0.05) is 6.92 Å². The Kier molecular flexibility index (Phi) is 3.94. The molecular weight excluding hydrogens is 196 g/mol. The van der Waals surface area contributed by atoms with Crippen molar-refractivity contribution in [2.45, 2.75) is 19.8 Å². The summed E-state index contributed by atoms with van der Waals surface area (Å²) in [4.78, 5) is 25.1. The van der Waals surface area contributed by atoms with Gasteiger partial charge in [-0.2, -0.15) is 0 Å². The van der Waals surface area contributed by atoms with Crippen molar-refractivity contribution in [1.82, 2.24) is 9.80 Å². The fraction of sp³-hybridized carbons (Fsp3) is 0.800. The number of carbonyl (C=O) groups is 2. The minimum Gasteiger partial charge on any atom is -0.480 e. The maximum atomic E-state index is 11.7. The Morgan fingerprint density at radius 2 is 1.93 bits per heavy atom. The fourth-order valence-corrected chi connectivity index (χ4v) is 1.71. The highest BCUT2D eigenvalue weighted by Gasteiger charge is 2.23. The van der Waals surface area contributed by atoms with Crippen LogP contribution < -0.4 is 0 Å². The second-order valence-corrected chi connectivity index (χ2v) is 4.20. The van der Waals surface area contributed by atoms with Crippen LogP contribution in [0.25, 0.3) is 0 Å². The lowest BCUT2D eigenvalue weighted by Gasteiger charge is -2.32. The summed E-state index contributed by atoms with van der Waals surface area (Å²) >= 11 is 0. The lowest BCUT2D eigenvalue weighted by atomic mass is 10.00. The molecule has 86 valence electrons. The second kappa shape index (κ2) is 5.00. The van der Waals surface area contributed by atoms with E-state index in [1.807, 2.05) is 0 Å². The Bertz CT molecular complexity index is 247. The molecule has 15 heavy (non-hydrogen) atoms. The van der Waals surface area contributed by atoms with Crippen LogP contribution in [0.2, 0.25) is 0 Å². The first kappa shape index (κ1) is 11.8. The lowest BCUT2D eigenvalue weighted by molar-refractivity contribution is -0.137. The molecule has 0 aromatic rings. The summed E-state index contributed by atoms with van der Waals surface area (Å²) in [5, 5.41) is 8.56. The minimum atomic E-state index is -0.976. The number of urea groups is 1. The Morgan fingerprint density at radius 1 is 1.40 bits per heavy atom. The summed E-state index contributed by atoms with van der Waals surface area (Å²) < 4.78 is 0. The smallest absolute Gasteiger partial charge is 0.323 e. The quantitative estimate of drug-likeness (QED) is 0.741. The number of hydrogen-bond donors (Lipinski definition) is 1. The molecule has 0 bridgehead atoms. The Labute approximate surface area is 89.7 Å². The van der Waals surface area contributed by atoms with Crippen molar-refractivity contribution in [3.63, 3.8) is 0 Å². The normalized spacial score (nSPS) is 17.6. The summed E-state index contributed by atoms with van der Waals surface area (Å²) in [6.45, 7) is 3.42. The van der Waals surface area contributed by atoms with E-state index in [9.17, 15) is 9.59 Å². The zero-order valence-corrected chi connectivity index (χ0v) is 9.27. The molecule has 0 atom stereocenters. The monoisotopic (exact) mass is 214 g/mol. The van der Waals surface area contributed by atoms with Gasteiger partial charge in [0.05, 0.1) is 0 Å². The number of piperidine rings is 1. The number of amides is 2. The topological polar surface area (TPSA) is 60.9 Å². The molecule has 0 aromatic carbocycles. The molecular formula is C10H18N2O3. The Morgan fingerprint density at radius 3 is 2.40 bits per heavy atom. The van der Waals surface area contributed by atoms with Crippen LogP contribution in [0.3, 0.4) is 0 Å². The Hall–Kier alpha value is -1.26. The Balaban J connectivity index is 2.42. The number of likely N-dealkylation sites (N-methyl/N-ethyl adjacent to an activating group) is 1. The van der Waals surface area contributed by atoms with Crippen LogP contribution in [0, 0.1) is 5.92 Å². The summed E-state index contributed by atoms with van der Waals surface area (Å²) in [5.41, 5.74) is 0. The highest BCUT2D eigenvalue weighted by Crippen LogP contribution is 2.16. The van der Waals surface area contributed by atoms with Gasteiger partial charge in [-0.25, -0.2) is 4.79 Å². The minimum absolute atomic E-state index is 0.177. The summed E-state index contributed by atoms with van der Waals surface area (Å²) in [6.07, 6.45) is 2.01. The van der Waals surface area contributed by atoms with Crippen LogP contribution >= 0.6 is 0 Å². The highest BCUT2D eigenvalue weighted by molar-refractivity contribution is 5.79. The number of carboxylic acids is 1. The van der Waals surface area contributed by atoms with Gasteiger partial charge in [0.25, 0.3) is 0 Å². The fourth-order valence-electron chi connectivity index (χ4n) is 1.71. The molecule has 5 nitrogen and oxygen atoms in total. The van der Waals surface area contributed by atoms with Crippen LogP contribution in [0.1, 0.15) is 19.8 Å². The average Bonchev–Trinajstić information content (AvgIpc) is 2.17. The molecule has 1 aliphatic rings. The van der Waals surface area contributed by atoms with Gasteiger partial charge in [0, 0.05) is 20.1 Å². The number of aliphatic carboxylic acids is 1. The van der Waals surface area contributed by atoms with Gasteiger partial charge in [-0.3, -0.25) is 4.79 Å². The van der Waals surface area contributed by atoms with Crippen LogP contribution in [-0.4, -0.2) is 53.6 Å². The number of rotatable bonds is 2. The van der Waals surface area contributed by atoms with Gasteiger partial charge in [-0.05, 0) is 18.8 Å². The van der Waals surface area contributed by atoms with Crippen LogP contribution in [0.5, 0.6) is 0 Å². The van der Waals surface area contributed by atoms with Crippen molar-refractivity contribution in [3.05, 3.63) is 0 Å². The predicted octanol–water partition coefficient (Wildman–Crippen LogP) is 0.855. The second-order valence-electron chi connectivity index (χ2n) is 4.20. The predicted molar refractivity (Wildman–Crippen MR) is 55.6 cm³/mol. The number of carboxylic acid groups (broad SMARTS) is 1. The van der Waals surface area contributed by atoms with Crippen LogP contribution in [0.15, 0.2) is 0 Å². The molecule has 0 saturated carbocycles. The molecule has 2 amide bonds.